The van der Waals surface area contributed by atoms with Gasteiger partial charge >= 0.3 is 0 Å². The van der Waals surface area contributed by atoms with Crippen LogP contribution in [0.5, 0.6) is 5.75 Å². The maximum absolute atomic E-state index is 11.6. The van der Waals surface area contributed by atoms with E-state index in [9.17, 15) is 9.90 Å². The fraction of sp³-hybridized carbons (Fsp3) is 0.364. The zero-order chi connectivity index (χ0) is 12.0. The molecule has 0 heterocycles. The fourth-order valence-electron chi connectivity index (χ4n) is 1.23. The van der Waals surface area contributed by atoms with Crippen molar-refractivity contribution in [1.82, 2.24) is 5.32 Å². The van der Waals surface area contributed by atoms with Crippen LogP contribution in [0.4, 0.5) is 0 Å². The minimum atomic E-state index is -0.341. The van der Waals surface area contributed by atoms with Crippen molar-refractivity contribution in [2.24, 2.45) is 0 Å². The molecule has 5 heteroatoms. The highest BCUT2D eigenvalue weighted by atomic mass is 35.5. The highest BCUT2D eigenvalue weighted by molar-refractivity contribution is 6.30. The number of aliphatic hydroxyl groups excluding tert-OH is 1. The van der Waals surface area contributed by atoms with E-state index in [2.05, 4.69) is 5.32 Å². The van der Waals surface area contributed by atoms with E-state index in [1.807, 2.05) is 0 Å². The van der Waals surface area contributed by atoms with Gasteiger partial charge in [-0.05, 0) is 31.0 Å². The van der Waals surface area contributed by atoms with E-state index in [0.717, 1.165) is 0 Å². The number of amides is 1. The number of carbonyl (C=O) groups is 1. The van der Waals surface area contributed by atoms with Crippen molar-refractivity contribution in [3.05, 3.63) is 28.8 Å². The Morgan fingerprint density at radius 2 is 2.12 bits per heavy atom. The molecule has 1 aromatic rings. The zero-order valence-electron chi connectivity index (χ0n) is 8.74. The lowest BCUT2D eigenvalue weighted by molar-refractivity contribution is 0.0949. The molecule has 0 aliphatic heterocycles. The number of halogens is 1. The van der Waals surface area contributed by atoms with Crippen LogP contribution >= 0.6 is 11.6 Å². The van der Waals surface area contributed by atoms with Gasteiger partial charge in [-0.2, -0.15) is 0 Å². The van der Waals surface area contributed by atoms with Crippen molar-refractivity contribution in [1.29, 1.82) is 0 Å². The first kappa shape index (κ1) is 12.8. The summed E-state index contributed by atoms with van der Waals surface area (Å²) in [5, 5.41) is 21.1. The molecule has 0 saturated heterocycles. The first-order chi connectivity index (χ1) is 7.65. The molecule has 1 aromatic carbocycles. The summed E-state index contributed by atoms with van der Waals surface area (Å²) < 4.78 is 0. The van der Waals surface area contributed by atoms with Crippen molar-refractivity contribution in [3.63, 3.8) is 0 Å². The summed E-state index contributed by atoms with van der Waals surface area (Å²) in [6.07, 6.45) is 1.35. The van der Waals surface area contributed by atoms with Gasteiger partial charge < -0.3 is 15.5 Å². The molecule has 0 radical (unpaired) electrons. The van der Waals surface area contributed by atoms with Crippen LogP contribution in [0.3, 0.4) is 0 Å². The van der Waals surface area contributed by atoms with E-state index >= 15 is 0 Å². The lowest BCUT2D eigenvalue weighted by atomic mass is 10.2. The molecular weight excluding hydrogens is 230 g/mol. The summed E-state index contributed by atoms with van der Waals surface area (Å²) in [6.45, 7) is 0.587. The first-order valence-electron chi connectivity index (χ1n) is 5.02. The molecule has 0 saturated carbocycles. The van der Waals surface area contributed by atoms with Crippen molar-refractivity contribution < 1.29 is 15.0 Å². The van der Waals surface area contributed by atoms with Gasteiger partial charge in [0.05, 0.1) is 5.56 Å². The summed E-state index contributed by atoms with van der Waals surface area (Å²) >= 11 is 5.65. The van der Waals surface area contributed by atoms with Gasteiger partial charge in [-0.15, -0.1) is 0 Å². The third kappa shape index (κ3) is 3.72. The highest BCUT2D eigenvalue weighted by Gasteiger charge is 2.10. The van der Waals surface area contributed by atoms with Crippen molar-refractivity contribution >= 4 is 17.5 Å². The molecule has 0 spiro atoms. The quantitative estimate of drug-likeness (QED) is 0.688. The van der Waals surface area contributed by atoms with Crippen LogP contribution in [0.1, 0.15) is 23.2 Å². The average Bonchev–Trinajstić information content (AvgIpc) is 2.24. The van der Waals surface area contributed by atoms with Crippen LogP contribution in [-0.4, -0.2) is 29.3 Å². The van der Waals surface area contributed by atoms with Crippen molar-refractivity contribution in [2.45, 2.75) is 12.8 Å². The monoisotopic (exact) mass is 243 g/mol. The Bertz CT molecular complexity index is 368. The molecule has 0 aliphatic rings. The van der Waals surface area contributed by atoms with E-state index in [1.54, 1.807) is 6.07 Å². The van der Waals surface area contributed by atoms with Gasteiger partial charge in [-0.3, -0.25) is 4.79 Å². The number of phenols is 1. The number of hydrogen-bond acceptors (Lipinski definition) is 3. The molecular formula is C11H14ClNO3. The molecule has 0 unspecified atom stereocenters. The molecule has 88 valence electrons. The fourth-order valence-corrected chi connectivity index (χ4v) is 1.40. The lowest BCUT2D eigenvalue weighted by Crippen LogP contribution is -2.24. The number of benzene rings is 1. The van der Waals surface area contributed by atoms with Gasteiger partial charge in [0.1, 0.15) is 5.75 Å². The molecule has 0 fully saturated rings. The van der Waals surface area contributed by atoms with E-state index in [1.165, 1.54) is 12.1 Å². The SMILES string of the molecule is O=C(NCCCCO)c1ccc(Cl)cc1O. The Morgan fingerprint density at radius 3 is 2.75 bits per heavy atom. The Morgan fingerprint density at radius 1 is 1.38 bits per heavy atom. The van der Waals surface area contributed by atoms with Crippen LogP contribution in [-0.2, 0) is 0 Å². The number of aliphatic hydroxyl groups is 1. The van der Waals surface area contributed by atoms with E-state index in [-0.39, 0.29) is 23.8 Å². The topological polar surface area (TPSA) is 69.6 Å². The molecule has 1 amide bonds. The van der Waals surface area contributed by atoms with Crippen LogP contribution in [0.2, 0.25) is 5.02 Å². The number of rotatable bonds is 5. The highest BCUT2D eigenvalue weighted by Crippen LogP contribution is 2.21. The number of phenolic OH excluding ortho intramolecular Hbond substituents is 1. The summed E-state index contributed by atoms with van der Waals surface area (Å²) in [5.74, 6) is -0.473. The molecule has 1 rings (SSSR count). The summed E-state index contributed by atoms with van der Waals surface area (Å²) in [7, 11) is 0. The largest absolute Gasteiger partial charge is 0.507 e. The number of aromatic hydroxyl groups is 1. The van der Waals surface area contributed by atoms with Crippen LogP contribution in [0.25, 0.3) is 0 Å². The van der Waals surface area contributed by atoms with Crippen LogP contribution in [0, 0.1) is 0 Å². The van der Waals surface area contributed by atoms with E-state index in [0.29, 0.717) is 24.4 Å². The average molecular weight is 244 g/mol. The van der Waals surface area contributed by atoms with Crippen LogP contribution < -0.4 is 5.32 Å². The Labute approximate surface area is 98.9 Å². The minimum absolute atomic E-state index is 0.113. The lowest BCUT2D eigenvalue weighted by Gasteiger charge is -2.06. The first-order valence-corrected chi connectivity index (χ1v) is 5.40. The van der Waals surface area contributed by atoms with Gasteiger partial charge in [0, 0.05) is 18.2 Å². The third-order valence-electron chi connectivity index (χ3n) is 2.07. The Kier molecular flexibility index (Phi) is 5.08. The van der Waals surface area contributed by atoms with Gasteiger partial charge in [0.15, 0.2) is 0 Å². The zero-order valence-corrected chi connectivity index (χ0v) is 9.50. The summed E-state index contributed by atoms with van der Waals surface area (Å²) in [5.41, 5.74) is 0.202. The van der Waals surface area contributed by atoms with E-state index < -0.39 is 0 Å². The second-order valence-electron chi connectivity index (χ2n) is 3.35. The van der Waals surface area contributed by atoms with Gasteiger partial charge in [-0.25, -0.2) is 0 Å². The standard InChI is InChI=1S/C11H14ClNO3/c12-8-3-4-9(10(15)7-8)11(16)13-5-1-2-6-14/h3-4,7,14-15H,1-2,5-6H2,(H,13,16). The molecule has 0 aliphatic carbocycles. The van der Waals surface area contributed by atoms with Gasteiger partial charge in [0.2, 0.25) is 0 Å². The third-order valence-corrected chi connectivity index (χ3v) is 2.31. The van der Waals surface area contributed by atoms with Crippen molar-refractivity contribution in [3.8, 4) is 5.75 Å². The molecule has 0 bridgehead atoms. The Balaban J connectivity index is 2.53. The molecule has 4 nitrogen and oxygen atoms in total. The predicted octanol–water partition coefficient (Wildman–Crippen LogP) is 1.55. The second-order valence-corrected chi connectivity index (χ2v) is 3.78. The summed E-state index contributed by atoms with van der Waals surface area (Å²) in [4.78, 5) is 11.6. The molecule has 3 N–H and O–H groups in total. The predicted molar refractivity (Wildman–Crippen MR) is 61.8 cm³/mol. The maximum atomic E-state index is 11.6. The van der Waals surface area contributed by atoms with E-state index in [4.69, 9.17) is 16.7 Å². The van der Waals surface area contributed by atoms with Crippen LogP contribution in [0.15, 0.2) is 18.2 Å². The summed E-state index contributed by atoms with van der Waals surface area (Å²) in [6, 6.07) is 4.34. The van der Waals surface area contributed by atoms with Crippen molar-refractivity contribution in [2.75, 3.05) is 13.2 Å². The Hall–Kier alpha value is -1.26. The smallest absolute Gasteiger partial charge is 0.255 e. The normalized spacial score (nSPS) is 10.1. The molecule has 0 atom stereocenters. The molecule has 16 heavy (non-hydrogen) atoms. The maximum Gasteiger partial charge on any atom is 0.255 e. The number of unbranched alkanes of at least 4 members (excludes halogenated alkanes) is 1. The number of nitrogens with one attached hydrogen (secondary N) is 1. The second kappa shape index (κ2) is 6.35. The van der Waals surface area contributed by atoms with Gasteiger partial charge in [0.25, 0.3) is 5.91 Å². The number of carbonyl (C=O) groups excluding carboxylic acids is 1. The minimum Gasteiger partial charge on any atom is -0.507 e. The number of hydrogen-bond donors (Lipinski definition) is 3. The van der Waals surface area contributed by atoms with Gasteiger partial charge in [-0.1, -0.05) is 11.6 Å². The molecule has 0 aromatic heterocycles.